The molecule has 0 fully saturated rings. The minimum atomic E-state index is -4.09. The maximum atomic E-state index is 13.9. The van der Waals surface area contributed by atoms with E-state index in [-0.39, 0.29) is 12.8 Å². The van der Waals surface area contributed by atoms with Crippen molar-refractivity contribution in [3.05, 3.63) is 0 Å². The van der Waals surface area contributed by atoms with Gasteiger partial charge in [0.1, 0.15) is 6.17 Å². The standard InChI is InChI=1S/C24H46F4O/c1-3-5-6-7-8-12-17-22(24(26,27)28)18-13-11-15-20-23(25)19-14-9-10-16-21-29-4-2/h22-23H,3-21H2,1-2H3. The van der Waals surface area contributed by atoms with Crippen molar-refractivity contribution in [1.82, 2.24) is 0 Å². The van der Waals surface area contributed by atoms with Gasteiger partial charge in [-0.15, -0.1) is 0 Å². The Bertz CT molecular complexity index is 333. The van der Waals surface area contributed by atoms with E-state index in [4.69, 9.17) is 4.74 Å². The molecule has 0 aromatic carbocycles. The Kier molecular flexibility index (Phi) is 19.4. The molecule has 0 rings (SSSR count). The van der Waals surface area contributed by atoms with Gasteiger partial charge in [-0.1, -0.05) is 84.0 Å². The van der Waals surface area contributed by atoms with Gasteiger partial charge in [-0.3, -0.25) is 0 Å². The first-order chi connectivity index (χ1) is 13.9. The molecule has 2 atom stereocenters. The molecule has 0 N–H and O–H groups in total. The van der Waals surface area contributed by atoms with Gasteiger partial charge in [0.2, 0.25) is 0 Å². The molecule has 0 amide bonds. The van der Waals surface area contributed by atoms with Crippen molar-refractivity contribution in [3.63, 3.8) is 0 Å². The number of halogens is 4. The van der Waals surface area contributed by atoms with Crippen LogP contribution < -0.4 is 0 Å². The first kappa shape index (κ1) is 28.7. The highest BCUT2D eigenvalue weighted by atomic mass is 19.4. The van der Waals surface area contributed by atoms with Crippen molar-refractivity contribution >= 4 is 0 Å². The normalized spacial score (nSPS) is 14.3. The third kappa shape index (κ3) is 19.4. The van der Waals surface area contributed by atoms with Gasteiger partial charge >= 0.3 is 6.18 Å². The zero-order chi connectivity index (χ0) is 21.8. The average Bonchev–Trinajstić information content (AvgIpc) is 2.67. The second-order valence-electron chi connectivity index (χ2n) is 8.43. The zero-order valence-electron chi connectivity index (χ0n) is 19.0. The minimum Gasteiger partial charge on any atom is -0.382 e. The fraction of sp³-hybridized carbons (Fsp3) is 1.00. The van der Waals surface area contributed by atoms with E-state index >= 15 is 0 Å². The second kappa shape index (κ2) is 19.6. The van der Waals surface area contributed by atoms with Gasteiger partial charge in [-0.2, -0.15) is 13.2 Å². The summed E-state index contributed by atoms with van der Waals surface area (Å²) in [6.45, 7) is 5.64. The van der Waals surface area contributed by atoms with Crippen LogP contribution in [0.15, 0.2) is 0 Å². The van der Waals surface area contributed by atoms with Gasteiger partial charge in [0, 0.05) is 13.2 Å². The van der Waals surface area contributed by atoms with Crippen LogP contribution in [0.1, 0.15) is 123 Å². The van der Waals surface area contributed by atoms with Crippen LogP contribution in [0.3, 0.4) is 0 Å². The zero-order valence-corrected chi connectivity index (χ0v) is 19.0. The van der Waals surface area contributed by atoms with Crippen LogP contribution in [0, 0.1) is 5.92 Å². The first-order valence-electron chi connectivity index (χ1n) is 12.2. The molecule has 0 spiro atoms. The highest BCUT2D eigenvalue weighted by molar-refractivity contribution is 4.69. The fourth-order valence-electron chi connectivity index (χ4n) is 3.79. The molecule has 5 heteroatoms. The Labute approximate surface area is 177 Å². The van der Waals surface area contributed by atoms with Crippen LogP contribution in [0.5, 0.6) is 0 Å². The third-order valence-corrected chi connectivity index (χ3v) is 5.70. The molecule has 0 aromatic heterocycles. The Hall–Kier alpha value is -0.320. The molecule has 0 saturated carbocycles. The number of alkyl halides is 4. The lowest BCUT2D eigenvalue weighted by Gasteiger charge is -2.20. The molecule has 0 aromatic rings. The first-order valence-corrected chi connectivity index (χ1v) is 12.2. The molecule has 0 heterocycles. The van der Waals surface area contributed by atoms with Crippen LogP contribution in [0.4, 0.5) is 17.6 Å². The van der Waals surface area contributed by atoms with E-state index in [9.17, 15) is 17.6 Å². The summed E-state index contributed by atoms with van der Waals surface area (Å²) in [6, 6.07) is 0. The molecule has 0 radical (unpaired) electrons. The number of hydrogen-bond donors (Lipinski definition) is 0. The topological polar surface area (TPSA) is 9.23 Å². The van der Waals surface area contributed by atoms with Gasteiger partial charge in [-0.25, -0.2) is 4.39 Å². The SMILES string of the molecule is CCCCCCCCC(CCCCCC(F)CCCCCCOCC)C(F)(F)F. The van der Waals surface area contributed by atoms with Gasteiger partial charge in [-0.05, 0) is 39.0 Å². The van der Waals surface area contributed by atoms with Crippen LogP contribution >= 0.6 is 0 Å². The highest BCUT2D eigenvalue weighted by Crippen LogP contribution is 2.34. The molecule has 0 aliphatic rings. The van der Waals surface area contributed by atoms with Gasteiger partial charge in [0.25, 0.3) is 0 Å². The minimum absolute atomic E-state index is 0.204. The lowest BCUT2D eigenvalue weighted by atomic mass is 9.93. The van der Waals surface area contributed by atoms with Crippen molar-refractivity contribution < 1.29 is 22.3 Å². The summed E-state index contributed by atoms with van der Waals surface area (Å²) in [4.78, 5) is 0. The van der Waals surface area contributed by atoms with Gasteiger partial charge in [0.05, 0.1) is 5.92 Å². The van der Waals surface area contributed by atoms with Crippen molar-refractivity contribution in [2.75, 3.05) is 13.2 Å². The monoisotopic (exact) mass is 426 g/mol. The molecule has 0 aliphatic carbocycles. The maximum Gasteiger partial charge on any atom is 0.391 e. The van der Waals surface area contributed by atoms with Crippen LogP contribution in [-0.4, -0.2) is 25.6 Å². The summed E-state index contributed by atoms with van der Waals surface area (Å²) in [5.74, 6) is -1.17. The lowest BCUT2D eigenvalue weighted by Crippen LogP contribution is -2.22. The van der Waals surface area contributed by atoms with Crippen LogP contribution in [0.25, 0.3) is 0 Å². The molecular formula is C24H46F4O. The average molecular weight is 427 g/mol. The smallest absolute Gasteiger partial charge is 0.382 e. The summed E-state index contributed by atoms with van der Waals surface area (Å²) in [5.41, 5.74) is 0. The molecular weight excluding hydrogens is 380 g/mol. The number of rotatable bonds is 21. The van der Waals surface area contributed by atoms with E-state index in [0.29, 0.717) is 38.5 Å². The molecule has 29 heavy (non-hydrogen) atoms. The van der Waals surface area contributed by atoms with Crippen molar-refractivity contribution in [3.8, 4) is 0 Å². The highest BCUT2D eigenvalue weighted by Gasteiger charge is 2.38. The predicted octanol–water partition coefficient (Wildman–Crippen LogP) is 9.19. The summed E-state index contributed by atoms with van der Waals surface area (Å²) in [5, 5.41) is 0. The van der Waals surface area contributed by atoms with Gasteiger partial charge < -0.3 is 4.74 Å². The fourth-order valence-corrected chi connectivity index (χ4v) is 3.79. The molecule has 0 aliphatic heterocycles. The number of hydrogen-bond acceptors (Lipinski definition) is 1. The predicted molar refractivity (Wildman–Crippen MR) is 115 cm³/mol. The maximum absolute atomic E-state index is 13.9. The summed E-state index contributed by atoms with van der Waals surface area (Å²) in [6.07, 6.45) is 8.71. The van der Waals surface area contributed by atoms with E-state index in [0.717, 1.165) is 64.6 Å². The van der Waals surface area contributed by atoms with Crippen molar-refractivity contribution in [1.29, 1.82) is 0 Å². The van der Waals surface area contributed by atoms with E-state index in [2.05, 4.69) is 6.92 Å². The summed E-state index contributed by atoms with van der Waals surface area (Å²) >= 11 is 0. The molecule has 176 valence electrons. The Morgan fingerprint density at radius 1 is 0.621 bits per heavy atom. The van der Waals surface area contributed by atoms with Gasteiger partial charge in [0.15, 0.2) is 0 Å². The van der Waals surface area contributed by atoms with E-state index < -0.39 is 18.3 Å². The Balaban J connectivity index is 3.70. The van der Waals surface area contributed by atoms with Crippen molar-refractivity contribution in [2.24, 2.45) is 5.92 Å². The third-order valence-electron chi connectivity index (χ3n) is 5.70. The number of ether oxygens (including phenoxy) is 1. The number of unbranched alkanes of at least 4 members (excludes halogenated alkanes) is 10. The second-order valence-corrected chi connectivity index (χ2v) is 8.43. The van der Waals surface area contributed by atoms with Crippen LogP contribution in [0.2, 0.25) is 0 Å². The van der Waals surface area contributed by atoms with E-state index in [1.807, 2.05) is 6.92 Å². The van der Waals surface area contributed by atoms with E-state index in [1.54, 1.807) is 0 Å². The summed E-state index contributed by atoms with van der Waals surface area (Å²) < 4.78 is 58.7. The molecule has 2 unspecified atom stereocenters. The Morgan fingerprint density at radius 3 is 1.59 bits per heavy atom. The largest absolute Gasteiger partial charge is 0.391 e. The van der Waals surface area contributed by atoms with Crippen LogP contribution in [-0.2, 0) is 4.74 Å². The molecule has 0 saturated heterocycles. The quantitative estimate of drug-likeness (QED) is 0.131. The van der Waals surface area contributed by atoms with Crippen molar-refractivity contribution in [2.45, 2.75) is 135 Å². The molecule has 0 bridgehead atoms. The summed E-state index contributed by atoms with van der Waals surface area (Å²) in [7, 11) is 0. The lowest BCUT2D eigenvalue weighted by molar-refractivity contribution is -0.178. The Morgan fingerprint density at radius 2 is 1.07 bits per heavy atom. The van der Waals surface area contributed by atoms with E-state index in [1.165, 1.54) is 6.42 Å². The molecule has 1 nitrogen and oxygen atoms in total.